The first-order chi connectivity index (χ1) is 8.59. The van der Waals surface area contributed by atoms with Gasteiger partial charge in [0.15, 0.2) is 0 Å². The van der Waals surface area contributed by atoms with E-state index in [1.54, 1.807) is 0 Å². The Morgan fingerprint density at radius 2 is 1.89 bits per heavy atom. The summed E-state index contributed by atoms with van der Waals surface area (Å²) in [6.45, 7) is 3.44. The van der Waals surface area contributed by atoms with Crippen LogP contribution < -0.4 is 10.6 Å². The first-order valence-electron chi connectivity index (χ1n) is 6.38. The second kappa shape index (κ2) is 5.22. The minimum atomic E-state index is -2.32. The normalized spacial score (nSPS) is 19.3. The van der Waals surface area contributed by atoms with Crippen LogP contribution in [0.1, 0.15) is 18.4 Å². The summed E-state index contributed by atoms with van der Waals surface area (Å²) in [5, 5.41) is 0. The molecular weight excluding hydrogens is 234 g/mol. The van der Waals surface area contributed by atoms with Gasteiger partial charge in [0.2, 0.25) is 6.43 Å². The highest BCUT2D eigenvalue weighted by Crippen LogP contribution is 2.38. The van der Waals surface area contributed by atoms with Gasteiger partial charge in [-0.2, -0.15) is 0 Å². The molecule has 1 fully saturated rings. The number of piperidine rings is 1. The van der Waals surface area contributed by atoms with Crippen LogP contribution in [0.3, 0.4) is 0 Å². The first kappa shape index (κ1) is 13.3. The molecule has 0 amide bonds. The molecule has 1 saturated heterocycles. The van der Waals surface area contributed by atoms with Gasteiger partial charge in [-0.05, 0) is 31.4 Å². The van der Waals surface area contributed by atoms with Crippen molar-refractivity contribution in [2.24, 2.45) is 11.1 Å². The van der Waals surface area contributed by atoms with E-state index in [0.717, 1.165) is 5.69 Å². The van der Waals surface area contributed by atoms with Crippen LogP contribution in [0.4, 0.5) is 14.5 Å². The lowest BCUT2D eigenvalue weighted by atomic mass is 9.78. The fourth-order valence-electron chi connectivity index (χ4n) is 2.62. The minimum absolute atomic E-state index is 0.0757. The largest absolute Gasteiger partial charge is 0.371 e. The molecule has 0 bridgehead atoms. The van der Waals surface area contributed by atoms with E-state index in [-0.39, 0.29) is 6.54 Å². The number of nitrogens with zero attached hydrogens (tertiary/aromatic N) is 1. The summed E-state index contributed by atoms with van der Waals surface area (Å²) in [6, 6.07) is 8.08. The maximum absolute atomic E-state index is 13.1. The SMILES string of the molecule is Cc1ccccc1N1CCC(CN)(C(F)F)CC1. The number of rotatable bonds is 3. The quantitative estimate of drug-likeness (QED) is 0.898. The third-order valence-corrected chi connectivity index (χ3v) is 4.08. The number of hydrogen-bond donors (Lipinski definition) is 1. The predicted octanol–water partition coefficient (Wildman–Crippen LogP) is 2.81. The van der Waals surface area contributed by atoms with Crippen LogP contribution in [0.25, 0.3) is 0 Å². The summed E-state index contributed by atoms with van der Waals surface area (Å²) < 4.78 is 26.2. The topological polar surface area (TPSA) is 29.3 Å². The zero-order chi connectivity index (χ0) is 13.2. The van der Waals surface area contributed by atoms with E-state index in [4.69, 9.17) is 5.73 Å². The number of hydrogen-bond acceptors (Lipinski definition) is 2. The van der Waals surface area contributed by atoms with Crippen LogP contribution in [0, 0.1) is 12.3 Å². The molecule has 1 aliphatic heterocycles. The molecule has 100 valence electrons. The van der Waals surface area contributed by atoms with Gasteiger partial charge in [-0.1, -0.05) is 18.2 Å². The van der Waals surface area contributed by atoms with Gasteiger partial charge < -0.3 is 10.6 Å². The summed E-state index contributed by atoms with van der Waals surface area (Å²) in [5.74, 6) is 0. The summed E-state index contributed by atoms with van der Waals surface area (Å²) in [4.78, 5) is 2.19. The zero-order valence-electron chi connectivity index (χ0n) is 10.7. The van der Waals surface area contributed by atoms with Gasteiger partial charge in [0.05, 0.1) is 0 Å². The van der Waals surface area contributed by atoms with Crippen molar-refractivity contribution in [2.45, 2.75) is 26.2 Å². The smallest absolute Gasteiger partial charge is 0.245 e. The third-order valence-electron chi connectivity index (χ3n) is 4.08. The molecule has 0 aromatic heterocycles. The van der Waals surface area contributed by atoms with Gasteiger partial charge in [-0.3, -0.25) is 0 Å². The number of aryl methyl sites for hydroxylation is 1. The van der Waals surface area contributed by atoms with Gasteiger partial charge in [-0.25, -0.2) is 8.78 Å². The molecule has 1 aromatic carbocycles. The number of para-hydroxylation sites is 1. The number of anilines is 1. The van der Waals surface area contributed by atoms with E-state index in [1.807, 2.05) is 31.2 Å². The van der Waals surface area contributed by atoms with Crippen molar-refractivity contribution in [3.05, 3.63) is 29.8 Å². The lowest BCUT2D eigenvalue weighted by molar-refractivity contribution is -0.0160. The maximum Gasteiger partial charge on any atom is 0.245 e. The minimum Gasteiger partial charge on any atom is -0.371 e. The number of halogens is 2. The van der Waals surface area contributed by atoms with Gasteiger partial charge in [-0.15, -0.1) is 0 Å². The van der Waals surface area contributed by atoms with Crippen LogP contribution in [0.2, 0.25) is 0 Å². The molecule has 18 heavy (non-hydrogen) atoms. The summed E-state index contributed by atoms with van der Waals surface area (Å²) in [7, 11) is 0. The Balaban J connectivity index is 2.09. The Labute approximate surface area is 107 Å². The van der Waals surface area contributed by atoms with Crippen LogP contribution in [-0.2, 0) is 0 Å². The Morgan fingerprint density at radius 1 is 1.28 bits per heavy atom. The summed E-state index contributed by atoms with van der Waals surface area (Å²) >= 11 is 0. The van der Waals surface area contributed by atoms with E-state index in [2.05, 4.69) is 4.90 Å². The molecule has 1 heterocycles. The molecule has 1 aromatic rings. The first-order valence-corrected chi connectivity index (χ1v) is 6.38. The average Bonchev–Trinajstić information content (AvgIpc) is 2.39. The molecule has 4 heteroatoms. The van der Waals surface area contributed by atoms with Gasteiger partial charge in [0.25, 0.3) is 0 Å². The maximum atomic E-state index is 13.1. The molecule has 0 aliphatic carbocycles. The van der Waals surface area contributed by atoms with Crippen molar-refractivity contribution in [3.8, 4) is 0 Å². The molecule has 0 unspecified atom stereocenters. The molecule has 2 nitrogen and oxygen atoms in total. The van der Waals surface area contributed by atoms with Crippen LogP contribution in [0.5, 0.6) is 0 Å². The van der Waals surface area contributed by atoms with Crippen molar-refractivity contribution in [3.63, 3.8) is 0 Å². The third kappa shape index (κ3) is 2.34. The van der Waals surface area contributed by atoms with Gasteiger partial charge >= 0.3 is 0 Å². The van der Waals surface area contributed by atoms with Crippen molar-refractivity contribution < 1.29 is 8.78 Å². The van der Waals surface area contributed by atoms with Gasteiger partial charge in [0.1, 0.15) is 0 Å². The molecule has 2 rings (SSSR count). The molecule has 0 atom stereocenters. The zero-order valence-corrected chi connectivity index (χ0v) is 10.7. The van der Waals surface area contributed by atoms with E-state index in [1.165, 1.54) is 5.56 Å². The highest BCUT2D eigenvalue weighted by molar-refractivity contribution is 5.53. The van der Waals surface area contributed by atoms with Crippen molar-refractivity contribution in [2.75, 3.05) is 24.5 Å². The highest BCUT2D eigenvalue weighted by Gasteiger charge is 2.41. The molecule has 0 saturated carbocycles. The predicted molar refractivity (Wildman–Crippen MR) is 70.1 cm³/mol. The Kier molecular flexibility index (Phi) is 3.85. The highest BCUT2D eigenvalue weighted by atomic mass is 19.3. The summed E-state index contributed by atoms with van der Waals surface area (Å²) in [5.41, 5.74) is 6.92. The molecule has 1 aliphatic rings. The molecule has 2 N–H and O–H groups in total. The fraction of sp³-hybridized carbons (Fsp3) is 0.571. The lowest BCUT2D eigenvalue weighted by Gasteiger charge is -2.41. The van der Waals surface area contributed by atoms with Crippen molar-refractivity contribution in [1.29, 1.82) is 0 Å². The van der Waals surface area contributed by atoms with Gasteiger partial charge in [0, 0.05) is 30.7 Å². The van der Waals surface area contributed by atoms with Crippen molar-refractivity contribution >= 4 is 5.69 Å². The van der Waals surface area contributed by atoms with Crippen LogP contribution >= 0.6 is 0 Å². The fourth-order valence-corrected chi connectivity index (χ4v) is 2.62. The summed E-state index contributed by atoms with van der Waals surface area (Å²) in [6.07, 6.45) is -1.38. The monoisotopic (exact) mass is 254 g/mol. The van der Waals surface area contributed by atoms with Crippen LogP contribution in [0.15, 0.2) is 24.3 Å². The van der Waals surface area contributed by atoms with E-state index in [9.17, 15) is 8.78 Å². The molecule has 0 radical (unpaired) electrons. The Hall–Kier alpha value is -1.16. The van der Waals surface area contributed by atoms with Crippen molar-refractivity contribution in [1.82, 2.24) is 0 Å². The Bertz CT molecular complexity index is 399. The number of nitrogens with two attached hydrogens (primary N) is 1. The second-order valence-corrected chi connectivity index (χ2v) is 5.14. The average molecular weight is 254 g/mol. The molecule has 0 spiro atoms. The molecular formula is C14H20F2N2. The van der Waals surface area contributed by atoms with E-state index >= 15 is 0 Å². The standard InChI is InChI=1S/C14H20F2N2/c1-11-4-2-3-5-12(11)18-8-6-14(10-17,7-9-18)13(15)16/h2-5,13H,6-10,17H2,1H3. The lowest BCUT2D eigenvalue weighted by Crippen LogP contribution is -2.48. The number of benzene rings is 1. The van der Waals surface area contributed by atoms with Crippen LogP contribution in [-0.4, -0.2) is 26.1 Å². The number of alkyl halides is 2. The van der Waals surface area contributed by atoms with E-state index < -0.39 is 11.8 Å². The Morgan fingerprint density at radius 3 is 2.39 bits per heavy atom. The van der Waals surface area contributed by atoms with E-state index in [0.29, 0.717) is 25.9 Å². The second-order valence-electron chi connectivity index (χ2n) is 5.14.